The van der Waals surface area contributed by atoms with Gasteiger partial charge in [-0.05, 0) is 97.1 Å². The van der Waals surface area contributed by atoms with Gasteiger partial charge in [0, 0.05) is 41.5 Å². The van der Waals surface area contributed by atoms with Crippen molar-refractivity contribution in [2.45, 2.75) is 0 Å². The molecule has 8 bridgehead atoms. The molecule has 0 spiro atoms. The number of nitrogens with zero attached hydrogens (tertiary/aromatic N) is 2. The zero-order chi connectivity index (χ0) is 25.3. The number of rotatable bonds is 0. The van der Waals surface area contributed by atoms with Crippen LogP contribution in [0.5, 0.6) is 11.5 Å². The number of para-hydroxylation sites is 4. The number of hydrogen-bond acceptors (Lipinski definition) is 4. The zero-order valence-electron chi connectivity index (χ0n) is 21.1. The van der Waals surface area contributed by atoms with Crippen LogP contribution in [0.15, 0.2) is 97.1 Å². The summed E-state index contributed by atoms with van der Waals surface area (Å²) in [5.74, 6) is 1.76. The Hall–Kier alpha value is -4.74. The van der Waals surface area contributed by atoms with Gasteiger partial charge in [0.25, 0.3) is 0 Å². The number of H-pyrrole nitrogens is 2. The Morgan fingerprint density at radius 2 is 0.872 bits per heavy atom. The van der Waals surface area contributed by atoms with Crippen LogP contribution in [-0.2, 0) is 19.5 Å². The van der Waals surface area contributed by atoms with E-state index in [2.05, 4.69) is 55.6 Å². The predicted molar refractivity (Wildman–Crippen MR) is 155 cm³/mol. The van der Waals surface area contributed by atoms with Crippen LogP contribution >= 0.6 is 0 Å². The van der Waals surface area contributed by atoms with Gasteiger partial charge in [-0.3, -0.25) is 0 Å². The number of fused-ring (bicyclic) bond motifs is 10. The smallest absolute Gasteiger partial charge is 0.150 e. The van der Waals surface area contributed by atoms with E-state index in [1.54, 1.807) is 0 Å². The van der Waals surface area contributed by atoms with Crippen LogP contribution < -0.4 is 10.1 Å². The standard InChI is InChI=1S/C20H14N4.C12H9NO.Zn/c1-2-14-10-16-5-6-18(23-16)12-20-8-7-19(24-20)11-17-4-3-15(22-17)9-13(1)21-14;1-3-7-11-9(5-1)13-10-6-2-4-8-12(10)14-11;/h1-12,21-22H;1-8,13H;. The Labute approximate surface area is 237 Å². The van der Waals surface area contributed by atoms with Crippen molar-refractivity contribution in [1.29, 1.82) is 0 Å². The molecule has 39 heavy (non-hydrogen) atoms. The van der Waals surface area contributed by atoms with Gasteiger partial charge in [-0.1, -0.05) is 24.3 Å². The van der Waals surface area contributed by atoms with Crippen LogP contribution in [-0.4, -0.2) is 19.9 Å². The van der Waals surface area contributed by atoms with Gasteiger partial charge in [-0.2, -0.15) is 0 Å². The van der Waals surface area contributed by atoms with Crippen molar-refractivity contribution in [2.24, 2.45) is 0 Å². The minimum atomic E-state index is 0. The van der Waals surface area contributed by atoms with Crippen molar-refractivity contribution in [1.82, 2.24) is 19.9 Å². The molecule has 5 aromatic rings. The Kier molecular flexibility index (Phi) is 6.66. The summed E-state index contributed by atoms with van der Waals surface area (Å²) in [7, 11) is 0. The van der Waals surface area contributed by atoms with Crippen molar-refractivity contribution in [3.63, 3.8) is 0 Å². The summed E-state index contributed by atoms with van der Waals surface area (Å²) >= 11 is 0. The van der Waals surface area contributed by atoms with Crippen molar-refractivity contribution >= 4 is 57.7 Å². The van der Waals surface area contributed by atoms with Crippen LogP contribution in [0.4, 0.5) is 11.4 Å². The molecule has 0 aliphatic carbocycles. The fourth-order valence-electron chi connectivity index (χ4n) is 4.53. The second-order valence-corrected chi connectivity index (χ2v) is 9.12. The fraction of sp³-hybridized carbons (Fsp3) is 0. The maximum Gasteiger partial charge on any atom is 0.150 e. The van der Waals surface area contributed by atoms with Gasteiger partial charge in [0.05, 0.1) is 34.2 Å². The fourth-order valence-corrected chi connectivity index (χ4v) is 4.53. The second kappa shape index (κ2) is 10.6. The van der Waals surface area contributed by atoms with E-state index >= 15 is 0 Å². The maximum atomic E-state index is 5.71. The van der Waals surface area contributed by atoms with Crippen LogP contribution in [0.25, 0.3) is 46.4 Å². The Bertz CT molecular complexity index is 1720. The summed E-state index contributed by atoms with van der Waals surface area (Å²) in [6.45, 7) is 0. The maximum absolute atomic E-state index is 5.71. The third-order valence-electron chi connectivity index (χ3n) is 6.31. The number of ether oxygens (including phenoxy) is 1. The molecule has 2 aromatic carbocycles. The summed E-state index contributed by atoms with van der Waals surface area (Å²) in [5, 5.41) is 3.32. The monoisotopic (exact) mass is 557 g/mol. The molecular formula is C32H23N5OZn. The number of nitrogens with one attached hydrogen (secondary N) is 3. The van der Waals surface area contributed by atoms with Gasteiger partial charge in [-0.15, -0.1) is 0 Å². The van der Waals surface area contributed by atoms with Crippen molar-refractivity contribution in [3.05, 3.63) is 120 Å². The largest absolute Gasteiger partial charge is 0.453 e. The molecule has 0 saturated heterocycles. The van der Waals surface area contributed by atoms with Crippen LogP contribution in [0.3, 0.4) is 0 Å². The van der Waals surface area contributed by atoms with E-state index in [-0.39, 0.29) is 19.5 Å². The van der Waals surface area contributed by atoms with E-state index in [0.717, 1.165) is 67.7 Å². The van der Waals surface area contributed by atoms with E-state index in [1.165, 1.54) is 0 Å². The number of aromatic amines is 2. The molecule has 0 atom stereocenters. The van der Waals surface area contributed by atoms with Crippen molar-refractivity contribution < 1.29 is 24.2 Å². The van der Waals surface area contributed by atoms with Gasteiger partial charge < -0.3 is 20.0 Å². The Morgan fingerprint density at radius 1 is 0.462 bits per heavy atom. The molecule has 0 saturated carbocycles. The Morgan fingerprint density at radius 3 is 1.36 bits per heavy atom. The average Bonchev–Trinajstić information content (AvgIpc) is 3.74. The van der Waals surface area contributed by atoms with E-state index in [1.807, 2.05) is 91.0 Å². The normalized spacial score (nSPS) is 12.1. The third kappa shape index (κ3) is 5.45. The molecule has 184 valence electrons. The van der Waals surface area contributed by atoms with E-state index in [4.69, 9.17) is 4.74 Å². The molecule has 3 aliphatic heterocycles. The second-order valence-electron chi connectivity index (χ2n) is 9.12. The first kappa shape index (κ1) is 24.6. The summed E-state index contributed by atoms with van der Waals surface area (Å²) in [6, 6.07) is 32.2. The van der Waals surface area contributed by atoms with E-state index < -0.39 is 0 Å². The summed E-state index contributed by atoms with van der Waals surface area (Å²) in [4.78, 5) is 16.0. The molecular weight excluding hydrogens is 536 g/mol. The molecule has 8 rings (SSSR count). The van der Waals surface area contributed by atoms with E-state index in [0.29, 0.717) is 0 Å². The third-order valence-corrected chi connectivity index (χ3v) is 6.31. The molecule has 3 N–H and O–H groups in total. The van der Waals surface area contributed by atoms with Gasteiger partial charge in [-0.25, -0.2) is 9.97 Å². The average molecular weight is 559 g/mol. The minimum Gasteiger partial charge on any atom is -0.453 e. The van der Waals surface area contributed by atoms with Gasteiger partial charge in [0.1, 0.15) is 0 Å². The van der Waals surface area contributed by atoms with E-state index in [9.17, 15) is 0 Å². The number of hydrogen-bond donors (Lipinski definition) is 3. The molecule has 3 aliphatic rings. The quantitative estimate of drug-likeness (QED) is 0.164. The molecule has 0 unspecified atom stereocenters. The first-order valence-electron chi connectivity index (χ1n) is 12.4. The van der Waals surface area contributed by atoms with Crippen molar-refractivity contribution in [2.75, 3.05) is 5.32 Å². The molecule has 0 fully saturated rings. The van der Waals surface area contributed by atoms with Crippen LogP contribution in [0.2, 0.25) is 0 Å². The van der Waals surface area contributed by atoms with Crippen LogP contribution in [0, 0.1) is 0 Å². The molecule has 0 amide bonds. The summed E-state index contributed by atoms with van der Waals surface area (Å²) < 4.78 is 5.71. The summed E-state index contributed by atoms with van der Waals surface area (Å²) in [5.41, 5.74) is 9.90. The van der Waals surface area contributed by atoms with Crippen molar-refractivity contribution in [3.8, 4) is 11.5 Å². The predicted octanol–water partition coefficient (Wildman–Crippen LogP) is 8.19. The Balaban J connectivity index is 0.000000158. The number of anilines is 2. The first-order valence-corrected chi connectivity index (χ1v) is 12.4. The van der Waals surface area contributed by atoms with Crippen LogP contribution in [0.1, 0.15) is 22.8 Å². The molecule has 6 nitrogen and oxygen atoms in total. The number of benzene rings is 2. The van der Waals surface area contributed by atoms with Gasteiger partial charge in [0.15, 0.2) is 11.5 Å². The zero-order valence-corrected chi connectivity index (χ0v) is 24.0. The molecule has 7 heteroatoms. The van der Waals surface area contributed by atoms with Gasteiger partial charge >= 0.3 is 0 Å². The SMILES string of the molecule is C1=Cc2cc3ccc(cc4ccc(cc5nc(cc1n2)C=C5)[nH]4)[nH]3.[Zn].c1ccc2c(c1)Nc1ccccc1O2. The topological polar surface area (TPSA) is 78.6 Å². The first-order chi connectivity index (χ1) is 18.7. The van der Waals surface area contributed by atoms with Gasteiger partial charge in [0.2, 0.25) is 0 Å². The molecule has 6 heterocycles. The summed E-state index contributed by atoms with van der Waals surface area (Å²) in [6.07, 6.45) is 8.05. The minimum absolute atomic E-state index is 0. The number of aromatic nitrogens is 4. The molecule has 0 radical (unpaired) electrons. The molecule has 3 aromatic heterocycles.